The van der Waals surface area contributed by atoms with Crippen molar-refractivity contribution >= 4 is 0 Å². The fraction of sp³-hybridized carbons (Fsp3) is 0.143. The first kappa shape index (κ1) is 11.7. The summed E-state index contributed by atoms with van der Waals surface area (Å²) in [7, 11) is 0. The molecule has 3 heteroatoms. The lowest BCUT2D eigenvalue weighted by Crippen LogP contribution is -1.98. The van der Waals surface area contributed by atoms with Gasteiger partial charge >= 0.3 is 0 Å². The average molecular weight is 233 g/mol. The molecule has 2 aromatic carbocycles. The van der Waals surface area contributed by atoms with Gasteiger partial charge in [-0.2, -0.15) is 0 Å². The van der Waals surface area contributed by atoms with Crippen LogP contribution in [-0.4, -0.2) is 0 Å². The third kappa shape index (κ3) is 2.34. The van der Waals surface area contributed by atoms with Gasteiger partial charge in [-0.3, -0.25) is 0 Å². The van der Waals surface area contributed by atoms with Crippen molar-refractivity contribution in [2.75, 3.05) is 0 Å². The van der Waals surface area contributed by atoms with Crippen LogP contribution >= 0.6 is 0 Å². The van der Waals surface area contributed by atoms with Crippen molar-refractivity contribution in [2.45, 2.75) is 13.5 Å². The van der Waals surface area contributed by atoms with Gasteiger partial charge in [-0.05, 0) is 47.9 Å². The highest BCUT2D eigenvalue weighted by Crippen LogP contribution is 2.27. The lowest BCUT2D eigenvalue weighted by atomic mass is 9.97. The van der Waals surface area contributed by atoms with E-state index in [4.69, 9.17) is 5.73 Å². The van der Waals surface area contributed by atoms with E-state index in [2.05, 4.69) is 0 Å². The zero-order valence-corrected chi connectivity index (χ0v) is 9.50. The van der Waals surface area contributed by atoms with Crippen molar-refractivity contribution in [3.8, 4) is 11.1 Å². The summed E-state index contributed by atoms with van der Waals surface area (Å²) in [6, 6.07) is 9.00. The summed E-state index contributed by atoms with van der Waals surface area (Å²) in [5.41, 5.74) is 8.30. The van der Waals surface area contributed by atoms with Crippen LogP contribution in [-0.2, 0) is 6.54 Å². The molecule has 17 heavy (non-hydrogen) atoms. The first-order valence-corrected chi connectivity index (χ1v) is 5.37. The maximum absolute atomic E-state index is 13.7. The molecule has 0 aliphatic carbocycles. The molecule has 0 aliphatic rings. The Morgan fingerprint density at radius 1 is 1.00 bits per heavy atom. The van der Waals surface area contributed by atoms with E-state index in [0.717, 1.165) is 23.3 Å². The summed E-state index contributed by atoms with van der Waals surface area (Å²) in [6.07, 6.45) is 0. The average Bonchev–Trinajstić information content (AvgIpc) is 2.33. The minimum absolute atomic E-state index is 0.276. The Labute approximate surface area is 98.9 Å². The van der Waals surface area contributed by atoms with Gasteiger partial charge in [0, 0.05) is 12.1 Å². The summed E-state index contributed by atoms with van der Waals surface area (Å²) >= 11 is 0. The van der Waals surface area contributed by atoms with E-state index in [-0.39, 0.29) is 5.56 Å². The Hall–Kier alpha value is -1.74. The summed E-state index contributed by atoms with van der Waals surface area (Å²) in [5, 5.41) is 0. The van der Waals surface area contributed by atoms with Gasteiger partial charge in [-0.25, -0.2) is 8.78 Å². The van der Waals surface area contributed by atoms with Crippen molar-refractivity contribution in [2.24, 2.45) is 5.73 Å². The monoisotopic (exact) mass is 233 g/mol. The Morgan fingerprint density at radius 2 is 1.76 bits per heavy atom. The minimum Gasteiger partial charge on any atom is -0.326 e. The number of rotatable bonds is 2. The van der Waals surface area contributed by atoms with E-state index in [9.17, 15) is 8.78 Å². The summed E-state index contributed by atoms with van der Waals surface area (Å²) in [5.74, 6) is -0.873. The maximum Gasteiger partial charge on any atom is 0.131 e. The molecule has 0 spiro atoms. The van der Waals surface area contributed by atoms with Gasteiger partial charge in [-0.15, -0.1) is 0 Å². The van der Waals surface area contributed by atoms with Crippen LogP contribution < -0.4 is 5.73 Å². The highest BCUT2D eigenvalue weighted by atomic mass is 19.1. The van der Waals surface area contributed by atoms with Gasteiger partial charge in [0.05, 0.1) is 0 Å². The molecular formula is C14H13F2N. The van der Waals surface area contributed by atoms with Crippen LogP contribution in [0.2, 0.25) is 0 Å². The molecule has 88 valence electrons. The SMILES string of the molecule is Cc1ccc(CN)cc1-c1cc(F)ccc1F. The highest BCUT2D eigenvalue weighted by molar-refractivity contribution is 5.68. The van der Waals surface area contributed by atoms with Crippen LogP contribution in [0.3, 0.4) is 0 Å². The van der Waals surface area contributed by atoms with Gasteiger partial charge in [0.25, 0.3) is 0 Å². The maximum atomic E-state index is 13.7. The predicted octanol–water partition coefficient (Wildman–Crippen LogP) is 3.40. The molecule has 0 saturated carbocycles. The Kier molecular flexibility index (Phi) is 3.20. The third-order valence-corrected chi connectivity index (χ3v) is 2.76. The quantitative estimate of drug-likeness (QED) is 0.845. The van der Waals surface area contributed by atoms with Crippen LogP contribution in [0.4, 0.5) is 8.78 Å². The second kappa shape index (κ2) is 4.63. The van der Waals surface area contributed by atoms with Crippen molar-refractivity contribution in [3.05, 3.63) is 59.2 Å². The molecular weight excluding hydrogens is 220 g/mol. The van der Waals surface area contributed by atoms with Crippen LogP contribution in [0.1, 0.15) is 11.1 Å². The van der Waals surface area contributed by atoms with E-state index in [1.54, 1.807) is 6.07 Å². The zero-order chi connectivity index (χ0) is 12.4. The molecule has 1 nitrogen and oxygen atoms in total. The van der Waals surface area contributed by atoms with Crippen LogP contribution in [0, 0.1) is 18.6 Å². The fourth-order valence-electron chi connectivity index (χ4n) is 1.79. The number of hydrogen-bond donors (Lipinski definition) is 1. The minimum atomic E-state index is -0.445. The molecule has 0 unspecified atom stereocenters. The molecule has 0 heterocycles. The van der Waals surface area contributed by atoms with Crippen molar-refractivity contribution < 1.29 is 8.78 Å². The van der Waals surface area contributed by atoms with E-state index >= 15 is 0 Å². The molecule has 0 radical (unpaired) electrons. The standard InChI is InChI=1S/C14H13F2N/c1-9-2-3-10(8-17)6-12(9)13-7-11(15)4-5-14(13)16/h2-7H,8,17H2,1H3. The second-order valence-electron chi connectivity index (χ2n) is 3.98. The van der Waals surface area contributed by atoms with Crippen LogP contribution in [0.15, 0.2) is 36.4 Å². The summed E-state index contributed by atoms with van der Waals surface area (Å²) < 4.78 is 26.8. The normalized spacial score (nSPS) is 10.6. The number of halogens is 2. The van der Waals surface area contributed by atoms with Gasteiger partial charge in [0.2, 0.25) is 0 Å². The lowest BCUT2D eigenvalue weighted by Gasteiger charge is -2.09. The van der Waals surface area contributed by atoms with Crippen LogP contribution in [0.5, 0.6) is 0 Å². The molecule has 0 aromatic heterocycles. The van der Waals surface area contributed by atoms with E-state index in [1.807, 2.05) is 19.1 Å². The number of benzene rings is 2. The largest absolute Gasteiger partial charge is 0.326 e. The first-order chi connectivity index (χ1) is 8.11. The first-order valence-electron chi connectivity index (χ1n) is 5.37. The number of aryl methyl sites for hydroxylation is 1. The molecule has 2 rings (SSSR count). The van der Waals surface area contributed by atoms with Gasteiger partial charge in [-0.1, -0.05) is 12.1 Å². The van der Waals surface area contributed by atoms with Crippen LogP contribution in [0.25, 0.3) is 11.1 Å². The molecule has 0 bridgehead atoms. The Morgan fingerprint density at radius 3 is 2.47 bits per heavy atom. The molecule has 0 atom stereocenters. The predicted molar refractivity (Wildman–Crippen MR) is 64.4 cm³/mol. The molecule has 2 N–H and O–H groups in total. The molecule has 0 fully saturated rings. The second-order valence-corrected chi connectivity index (χ2v) is 3.98. The van der Waals surface area contributed by atoms with Gasteiger partial charge < -0.3 is 5.73 Å². The summed E-state index contributed by atoms with van der Waals surface area (Å²) in [4.78, 5) is 0. The van der Waals surface area contributed by atoms with Crippen molar-refractivity contribution in [3.63, 3.8) is 0 Å². The van der Waals surface area contributed by atoms with Crippen molar-refractivity contribution in [1.29, 1.82) is 0 Å². The number of hydrogen-bond acceptors (Lipinski definition) is 1. The van der Waals surface area contributed by atoms with E-state index in [0.29, 0.717) is 12.1 Å². The molecule has 2 aromatic rings. The highest BCUT2D eigenvalue weighted by Gasteiger charge is 2.09. The van der Waals surface area contributed by atoms with E-state index in [1.165, 1.54) is 6.07 Å². The Balaban J connectivity index is 2.62. The van der Waals surface area contributed by atoms with Crippen molar-refractivity contribution in [1.82, 2.24) is 0 Å². The van der Waals surface area contributed by atoms with Gasteiger partial charge in [0.1, 0.15) is 11.6 Å². The molecule has 0 amide bonds. The smallest absolute Gasteiger partial charge is 0.131 e. The van der Waals surface area contributed by atoms with Gasteiger partial charge in [0.15, 0.2) is 0 Å². The zero-order valence-electron chi connectivity index (χ0n) is 9.50. The third-order valence-electron chi connectivity index (χ3n) is 2.76. The topological polar surface area (TPSA) is 26.0 Å². The number of nitrogens with two attached hydrogens (primary N) is 1. The molecule has 0 saturated heterocycles. The Bertz CT molecular complexity index is 550. The lowest BCUT2D eigenvalue weighted by molar-refractivity contribution is 0.603. The summed E-state index contributed by atoms with van der Waals surface area (Å²) in [6.45, 7) is 2.24. The fourth-order valence-corrected chi connectivity index (χ4v) is 1.79. The molecule has 0 aliphatic heterocycles. The van der Waals surface area contributed by atoms with E-state index < -0.39 is 11.6 Å².